The highest BCUT2D eigenvalue weighted by atomic mass is 16.5. The van der Waals surface area contributed by atoms with Crippen molar-refractivity contribution in [2.75, 3.05) is 17.7 Å². The topological polar surface area (TPSA) is 77.2 Å². The molecule has 86 valence electrons. The Morgan fingerprint density at radius 1 is 1.69 bits per heavy atom. The molecule has 0 saturated carbocycles. The summed E-state index contributed by atoms with van der Waals surface area (Å²) in [6.07, 6.45) is 3.22. The molecular formula is C11H15N3O2. The number of aromatic nitrogens is 1. The predicted molar refractivity (Wildman–Crippen MR) is 60.9 cm³/mol. The fourth-order valence-electron chi connectivity index (χ4n) is 1.72. The molecular weight excluding hydrogens is 206 g/mol. The maximum Gasteiger partial charge on any atom is 0.257 e. The molecule has 1 aromatic heterocycles. The number of carbonyl (C=O) groups excluding carboxylic acids is 1. The summed E-state index contributed by atoms with van der Waals surface area (Å²) >= 11 is 0. The maximum absolute atomic E-state index is 12.0. The lowest BCUT2D eigenvalue weighted by Gasteiger charge is -2.21. The summed E-state index contributed by atoms with van der Waals surface area (Å²) in [7, 11) is 0. The predicted octanol–water partition coefficient (Wildman–Crippen LogP) is 1.17. The van der Waals surface area contributed by atoms with Gasteiger partial charge in [-0.2, -0.15) is 0 Å². The Kier molecular flexibility index (Phi) is 2.78. The van der Waals surface area contributed by atoms with E-state index in [1.165, 1.54) is 0 Å². The summed E-state index contributed by atoms with van der Waals surface area (Å²) < 4.78 is 5.43. The number of nitrogens with two attached hydrogens (primary N) is 1. The number of rotatable bonds is 2. The zero-order valence-electron chi connectivity index (χ0n) is 9.19. The Morgan fingerprint density at radius 3 is 3.12 bits per heavy atom. The molecule has 0 bridgehead atoms. The average molecular weight is 221 g/mol. The van der Waals surface area contributed by atoms with E-state index in [9.17, 15) is 4.79 Å². The molecule has 0 radical (unpaired) electrons. The van der Waals surface area contributed by atoms with Gasteiger partial charge in [-0.1, -0.05) is 0 Å². The third-order valence-electron chi connectivity index (χ3n) is 2.77. The van der Waals surface area contributed by atoms with Crippen LogP contribution in [0.4, 0.5) is 11.5 Å². The minimum Gasteiger partial charge on any atom is -0.396 e. The molecule has 1 saturated heterocycles. The van der Waals surface area contributed by atoms with Crippen molar-refractivity contribution in [3.8, 4) is 0 Å². The van der Waals surface area contributed by atoms with Crippen LogP contribution in [-0.4, -0.2) is 23.1 Å². The van der Waals surface area contributed by atoms with Gasteiger partial charge >= 0.3 is 0 Å². The first kappa shape index (κ1) is 10.9. The summed E-state index contributed by atoms with van der Waals surface area (Å²) in [5.41, 5.74) is 5.40. The number of nitrogens with zero attached hydrogens (tertiary/aromatic N) is 1. The summed E-state index contributed by atoms with van der Waals surface area (Å²) in [5, 5.41) is 2.69. The van der Waals surface area contributed by atoms with Gasteiger partial charge in [0.05, 0.1) is 5.69 Å². The Bertz CT molecular complexity index is 400. The van der Waals surface area contributed by atoms with Gasteiger partial charge in [-0.25, -0.2) is 4.98 Å². The van der Waals surface area contributed by atoms with Gasteiger partial charge in [0.1, 0.15) is 5.60 Å². The van der Waals surface area contributed by atoms with Crippen molar-refractivity contribution in [2.45, 2.75) is 25.4 Å². The Hall–Kier alpha value is -1.62. The summed E-state index contributed by atoms with van der Waals surface area (Å²) in [4.78, 5) is 16.0. The Labute approximate surface area is 94.0 Å². The van der Waals surface area contributed by atoms with Crippen LogP contribution in [0.15, 0.2) is 18.3 Å². The van der Waals surface area contributed by atoms with E-state index < -0.39 is 5.60 Å². The van der Waals surface area contributed by atoms with E-state index >= 15 is 0 Å². The van der Waals surface area contributed by atoms with Crippen LogP contribution < -0.4 is 11.1 Å². The zero-order valence-corrected chi connectivity index (χ0v) is 9.19. The van der Waals surface area contributed by atoms with Crippen molar-refractivity contribution < 1.29 is 9.53 Å². The van der Waals surface area contributed by atoms with Gasteiger partial charge in [-0.05, 0) is 31.9 Å². The SMILES string of the molecule is CC1(C(=O)Nc2ncccc2N)CCCO1. The number of ether oxygens (including phenoxy) is 1. The lowest BCUT2D eigenvalue weighted by Crippen LogP contribution is -2.39. The van der Waals surface area contributed by atoms with E-state index in [1.54, 1.807) is 25.3 Å². The maximum atomic E-state index is 12.0. The normalized spacial score (nSPS) is 24.3. The lowest BCUT2D eigenvalue weighted by molar-refractivity contribution is -0.133. The number of hydrogen-bond donors (Lipinski definition) is 2. The van der Waals surface area contributed by atoms with Crippen LogP contribution >= 0.6 is 0 Å². The molecule has 1 atom stereocenters. The molecule has 2 heterocycles. The fourth-order valence-corrected chi connectivity index (χ4v) is 1.72. The molecule has 5 heteroatoms. The second kappa shape index (κ2) is 4.09. The minimum atomic E-state index is -0.746. The highest BCUT2D eigenvalue weighted by Crippen LogP contribution is 2.27. The van der Waals surface area contributed by atoms with Crippen molar-refractivity contribution in [1.82, 2.24) is 4.98 Å². The third-order valence-corrected chi connectivity index (χ3v) is 2.77. The smallest absolute Gasteiger partial charge is 0.257 e. The van der Waals surface area contributed by atoms with E-state index in [0.717, 1.165) is 12.8 Å². The number of hydrogen-bond acceptors (Lipinski definition) is 4. The molecule has 5 nitrogen and oxygen atoms in total. The molecule has 1 unspecified atom stereocenters. The summed E-state index contributed by atoms with van der Waals surface area (Å²) in [5.74, 6) is 0.208. The molecule has 16 heavy (non-hydrogen) atoms. The average Bonchev–Trinajstić information content (AvgIpc) is 2.70. The van der Waals surface area contributed by atoms with Crippen molar-refractivity contribution in [1.29, 1.82) is 0 Å². The third kappa shape index (κ3) is 1.99. The molecule has 1 fully saturated rings. The van der Waals surface area contributed by atoms with Gasteiger partial charge in [0, 0.05) is 12.8 Å². The van der Waals surface area contributed by atoms with Gasteiger partial charge < -0.3 is 15.8 Å². The van der Waals surface area contributed by atoms with Gasteiger partial charge in [0.2, 0.25) is 0 Å². The number of pyridine rings is 1. The van der Waals surface area contributed by atoms with Crippen LogP contribution in [0.3, 0.4) is 0 Å². The zero-order chi connectivity index (χ0) is 11.6. The van der Waals surface area contributed by atoms with Gasteiger partial charge in [0.15, 0.2) is 5.82 Å². The first-order valence-electron chi connectivity index (χ1n) is 5.28. The monoisotopic (exact) mass is 221 g/mol. The number of amides is 1. The standard InChI is InChI=1S/C11H15N3O2/c1-11(5-3-7-16-11)10(15)14-9-8(12)4-2-6-13-9/h2,4,6H,3,5,7,12H2,1H3,(H,13,14,15). The largest absolute Gasteiger partial charge is 0.396 e. The van der Waals surface area contributed by atoms with E-state index in [4.69, 9.17) is 10.5 Å². The first-order valence-corrected chi connectivity index (χ1v) is 5.28. The number of anilines is 2. The molecule has 3 N–H and O–H groups in total. The van der Waals surface area contributed by atoms with Crippen LogP contribution in [0.1, 0.15) is 19.8 Å². The van der Waals surface area contributed by atoms with Crippen molar-refractivity contribution in [3.05, 3.63) is 18.3 Å². The van der Waals surface area contributed by atoms with E-state index in [1.807, 2.05) is 0 Å². The molecule has 0 spiro atoms. The second-order valence-corrected chi connectivity index (χ2v) is 4.08. The lowest BCUT2D eigenvalue weighted by atomic mass is 10.0. The number of nitrogens with one attached hydrogen (secondary N) is 1. The van der Waals surface area contributed by atoms with Gasteiger partial charge in [0.25, 0.3) is 5.91 Å². The highest BCUT2D eigenvalue weighted by molar-refractivity contribution is 5.98. The molecule has 1 aliphatic heterocycles. The van der Waals surface area contributed by atoms with Gasteiger partial charge in [-0.3, -0.25) is 4.79 Å². The molecule has 0 aromatic carbocycles. The van der Waals surface area contributed by atoms with E-state index in [2.05, 4.69) is 10.3 Å². The van der Waals surface area contributed by atoms with Crippen molar-refractivity contribution in [3.63, 3.8) is 0 Å². The number of carbonyl (C=O) groups is 1. The molecule has 2 rings (SSSR count). The second-order valence-electron chi connectivity index (χ2n) is 4.08. The van der Waals surface area contributed by atoms with Gasteiger partial charge in [-0.15, -0.1) is 0 Å². The Balaban J connectivity index is 2.10. The van der Waals surface area contributed by atoms with Crippen LogP contribution in [0.2, 0.25) is 0 Å². The van der Waals surface area contributed by atoms with E-state index in [0.29, 0.717) is 18.1 Å². The first-order chi connectivity index (χ1) is 7.62. The van der Waals surface area contributed by atoms with Crippen LogP contribution in [-0.2, 0) is 9.53 Å². The van der Waals surface area contributed by atoms with Crippen molar-refractivity contribution in [2.24, 2.45) is 0 Å². The van der Waals surface area contributed by atoms with Crippen LogP contribution in [0.25, 0.3) is 0 Å². The Morgan fingerprint density at radius 2 is 2.50 bits per heavy atom. The van der Waals surface area contributed by atoms with Crippen LogP contribution in [0, 0.1) is 0 Å². The molecule has 1 aromatic rings. The molecule has 1 amide bonds. The highest BCUT2D eigenvalue weighted by Gasteiger charge is 2.38. The molecule has 0 aliphatic carbocycles. The fraction of sp³-hybridized carbons (Fsp3) is 0.455. The number of nitrogen functional groups attached to an aromatic ring is 1. The van der Waals surface area contributed by atoms with Crippen LogP contribution in [0.5, 0.6) is 0 Å². The van der Waals surface area contributed by atoms with Crippen molar-refractivity contribution >= 4 is 17.4 Å². The summed E-state index contributed by atoms with van der Waals surface area (Å²) in [6.45, 7) is 2.41. The minimum absolute atomic E-state index is 0.185. The quantitative estimate of drug-likeness (QED) is 0.786. The summed E-state index contributed by atoms with van der Waals surface area (Å²) in [6, 6.07) is 3.42. The van der Waals surface area contributed by atoms with E-state index in [-0.39, 0.29) is 5.91 Å². The molecule has 1 aliphatic rings.